The SMILES string of the molecule is COc1cccc(C=NNc2nc(Nc3cccc(Br)c3)nc(N3CCOCC3)n2)c1O. The number of anilines is 4. The van der Waals surface area contributed by atoms with Crippen LogP contribution in [0.4, 0.5) is 23.5 Å². The van der Waals surface area contributed by atoms with Crippen LogP contribution in [0.15, 0.2) is 52.0 Å². The van der Waals surface area contributed by atoms with Crippen LogP contribution in [0.2, 0.25) is 0 Å². The number of hydrogen-bond acceptors (Lipinski definition) is 10. The molecular weight excluding hydrogens is 478 g/mol. The predicted molar refractivity (Wildman–Crippen MR) is 126 cm³/mol. The first kappa shape index (κ1) is 21.8. The van der Waals surface area contributed by atoms with Crippen LogP contribution in [0.25, 0.3) is 0 Å². The fourth-order valence-corrected chi connectivity index (χ4v) is 3.44. The molecule has 32 heavy (non-hydrogen) atoms. The zero-order valence-corrected chi connectivity index (χ0v) is 18.9. The molecule has 1 saturated heterocycles. The number of methoxy groups -OCH3 is 1. The van der Waals surface area contributed by atoms with Gasteiger partial charge in [0.1, 0.15) is 0 Å². The smallest absolute Gasteiger partial charge is 0.250 e. The van der Waals surface area contributed by atoms with Gasteiger partial charge in [0.15, 0.2) is 11.5 Å². The lowest BCUT2D eigenvalue weighted by molar-refractivity contribution is 0.122. The van der Waals surface area contributed by atoms with Crippen molar-refractivity contribution >= 4 is 45.7 Å². The Morgan fingerprint density at radius 1 is 1.12 bits per heavy atom. The summed E-state index contributed by atoms with van der Waals surface area (Å²) in [6, 6.07) is 12.8. The Bertz CT molecular complexity index is 1110. The fourth-order valence-electron chi connectivity index (χ4n) is 3.04. The molecule has 2 heterocycles. The van der Waals surface area contributed by atoms with E-state index in [1.807, 2.05) is 29.2 Å². The predicted octanol–water partition coefficient (Wildman–Crippen LogP) is 3.37. The van der Waals surface area contributed by atoms with E-state index in [-0.39, 0.29) is 11.7 Å². The number of hydrogen-bond donors (Lipinski definition) is 3. The van der Waals surface area contributed by atoms with Crippen LogP contribution < -0.4 is 20.4 Å². The average molecular weight is 500 g/mol. The molecule has 11 heteroatoms. The third-order valence-electron chi connectivity index (χ3n) is 4.62. The van der Waals surface area contributed by atoms with Gasteiger partial charge in [0.05, 0.1) is 26.5 Å². The van der Waals surface area contributed by atoms with Gasteiger partial charge in [0.2, 0.25) is 17.8 Å². The quantitative estimate of drug-likeness (QED) is 0.332. The van der Waals surface area contributed by atoms with Crippen LogP contribution in [0.5, 0.6) is 11.5 Å². The minimum absolute atomic E-state index is 0.00205. The number of hydrazone groups is 1. The highest BCUT2D eigenvalue weighted by molar-refractivity contribution is 9.10. The van der Waals surface area contributed by atoms with Crippen molar-refractivity contribution in [1.29, 1.82) is 0 Å². The highest BCUT2D eigenvalue weighted by Crippen LogP contribution is 2.28. The molecule has 3 N–H and O–H groups in total. The molecule has 0 bridgehead atoms. The summed E-state index contributed by atoms with van der Waals surface area (Å²) in [5.41, 5.74) is 4.14. The number of halogens is 1. The van der Waals surface area contributed by atoms with Crippen molar-refractivity contribution in [3.63, 3.8) is 0 Å². The van der Waals surface area contributed by atoms with Crippen LogP contribution in [-0.2, 0) is 4.74 Å². The zero-order chi connectivity index (χ0) is 22.3. The summed E-state index contributed by atoms with van der Waals surface area (Å²) in [5.74, 6) is 1.52. The van der Waals surface area contributed by atoms with E-state index in [1.54, 1.807) is 18.2 Å². The Morgan fingerprint density at radius 2 is 1.91 bits per heavy atom. The van der Waals surface area contributed by atoms with E-state index < -0.39 is 0 Å². The van der Waals surface area contributed by atoms with Crippen molar-refractivity contribution in [2.24, 2.45) is 5.10 Å². The summed E-state index contributed by atoms with van der Waals surface area (Å²) in [5, 5.41) is 17.6. The number of ether oxygens (including phenoxy) is 2. The summed E-state index contributed by atoms with van der Waals surface area (Å²) in [7, 11) is 1.49. The minimum Gasteiger partial charge on any atom is -0.504 e. The van der Waals surface area contributed by atoms with Crippen molar-refractivity contribution in [2.45, 2.75) is 0 Å². The van der Waals surface area contributed by atoms with Gasteiger partial charge in [0.25, 0.3) is 0 Å². The topological polar surface area (TPSA) is 117 Å². The number of benzene rings is 2. The molecule has 3 aromatic rings. The summed E-state index contributed by atoms with van der Waals surface area (Å²) in [6.07, 6.45) is 1.47. The molecule has 0 spiro atoms. The number of phenolic OH excluding ortho intramolecular Hbond substituents is 1. The molecule has 1 fully saturated rings. The van der Waals surface area contributed by atoms with Crippen LogP contribution >= 0.6 is 15.9 Å². The van der Waals surface area contributed by atoms with Crippen molar-refractivity contribution in [3.05, 3.63) is 52.5 Å². The molecule has 0 amide bonds. The van der Waals surface area contributed by atoms with Gasteiger partial charge in [-0.3, -0.25) is 0 Å². The standard InChI is InChI=1S/C21H22BrN7O3/c1-31-17-7-2-4-14(18(17)30)13-23-28-20-25-19(24-16-6-3-5-15(22)12-16)26-21(27-20)29-8-10-32-11-9-29/h2-7,12-13,30H,8-11H2,1H3,(H2,24,25,26,27,28). The maximum absolute atomic E-state index is 10.2. The Hall–Kier alpha value is -3.44. The van der Waals surface area contributed by atoms with Crippen LogP contribution in [-0.4, -0.2) is 59.7 Å². The Balaban J connectivity index is 1.58. The second-order valence-electron chi connectivity index (χ2n) is 6.79. The summed E-state index contributed by atoms with van der Waals surface area (Å²) in [6.45, 7) is 2.58. The third-order valence-corrected chi connectivity index (χ3v) is 5.11. The van der Waals surface area contributed by atoms with Gasteiger partial charge >= 0.3 is 0 Å². The van der Waals surface area contributed by atoms with E-state index in [2.05, 4.69) is 46.7 Å². The normalized spacial score (nSPS) is 13.9. The maximum atomic E-state index is 10.2. The van der Waals surface area contributed by atoms with Gasteiger partial charge in [-0.25, -0.2) is 5.43 Å². The Morgan fingerprint density at radius 3 is 2.69 bits per heavy atom. The van der Waals surface area contributed by atoms with Gasteiger partial charge in [-0.05, 0) is 30.3 Å². The first-order valence-corrected chi connectivity index (χ1v) is 10.7. The number of aromatic hydroxyl groups is 1. The number of nitrogens with one attached hydrogen (secondary N) is 2. The van der Waals surface area contributed by atoms with E-state index >= 15 is 0 Å². The minimum atomic E-state index is 0.00205. The molecule has 1 aliphatic rings. The molecule has 0 atom stereocenters. The van der Waals surface area contributed by atoms with E-state index in [1.165, 1.54) is 13.3 Å². The van der Waals surface area contributed by atoms with E-state index in [0.717, 1.165) is 10.2 Å². The Labute approximate surface area is 193 Å². The van der Waals surface area contributed by atoms with Crippen LogP contribution in [0.1, 0.15) is 5.56 Å². The molecule has 166 valence electrons. The van der Waals surface area contributed by atoms with Crippen molar-refractivity contribution in [3.8, 4) is 11.5 Å². The largest absolute Gasteiger partial charge is 0.504 e. The second-order valence-corrected chi connectivity index (χ2v) is 7.70. The Kier molecular flexibility index (Phi) is 6.97. The van der Waals surface area contributed by atoms with Gasteiger partial charge < -0.3 is 24.8 Å². The lowest BCUT2D eigenvalue weighted by atomic mass is 10.2. The number of para-hydroxylation sites is 1. The molecule has 1 aromatic heterocycles. The number of phenols is 1. The third kappa shape index (κ3) is 5.42. The summed E-state index contributed by atoms with van der Waals surface area (Å²) in [4.78, 5) is 15.5. The first-order chi connectivity index (χ1) is 15.6. The maximum Gasteiger partial charge on any atom is 0.250 e. The van der Waals surface area contributed by atoms with Crippen LogP contribution in [0, 0.1) is 0 Å². The number of nitrogens with zero attached hydrogens (tertiary/aromatic N) is 5. The van der Waals surface area contributed by atoms with Crippen molar-refractivity contribution in [2.75, 3.05) is 49.1 Å². The lowest BCUT2D eigenvalue weighted by Gasteiger charge is -2.27. The molecule has 0 radical (unpaired) electrons. The van der Waals surface area contributed by atoms with Gasteiger partial charge in [-0.15, -0.1) is 0 Å². The second kappa shape index (κ2) is 10.2. The number of rotatable bonds is 7. The molecule has 0 unspecified atom stereocenters. The first-order valence-electron chi connectivity index (χ1n) is 9.89. The fraction of sp³-hybridized carbons (Fsp3) is 0.238. The van der Waals surface area contributed by atoms with Gasteiger partial charge in [-0.1, -0.05) is 28.1 Å². The van der Waals surface area contributed by atoms with E-state index in [4.69, 9.17) is 9.47 Å². The number of morpholine rings is 1. The van der Waals surface area contributed by atoms with Crippen molar-refractivity contribution < 1.29 is 14.6 Å². The van der Waals surface area contributed by atoms with Crippen LogP contribution in [0.3, 0.4) is 0 Å². The highest BCUT2D eigenvalue weighted by Gasteiger charge is 2.17. The van der Waals surface area contributed by atoms with Crippen molar-refractivity contribution in [1.82, 2.24) is 15.0 Å². The highest BCUT2D eigenvalue weighted by atomic mass is 79.9. The molecule has 1 aliphatic heterocycles. The number of aromatic nitrogens is 3. The summed E-state index contributed by atoms with van der Waals surface area (Å²) >= 11 is 3.46. The molecular formula is C21H22BrN7O3. The molecule has 10 nitrogen and oxygen atoms in total. The lowest BCUT2D eigenvalue weighted by Crippen LogP contribution is -2.37. The van der Waals surface area contributed by atoms with E-state index in [9.17, 15) is 5.11 Å². The van der Waals surface area contributed by atoms with Gasteiger partial charge in [-0.2, -0.15) is 20.1 Å². The molecule has 0 aliphatic carbocycles. The van der Waals surface area contributed by atoms with E-state index in [0.29, 0.717) is 49.5 Å². The summed E-state index contributed by atoms with van der Waals surface area (Å²) < 4.78 is 11.5. The average Bonchev–Trinajstić information content (AvgIpc) is 2.81. The molecule has 0 saturated carbocycles. The monoisotopic (exact) mass is 499 g/mol. The molecule has 2 aromatic carbocycles. The van der Waals surface area contributed by atoms with Gasteiger partial charge in [0, 0.05) is 28.8 Å². The molecule has 4 rings (SSSR count). The zero-order valence-electron chi connectivity index (χ0n) is 17.3.